The Morgan fingerprint density at radius 3 is 1.60 bits per heavy atom. The topological polar surface area (TPSA) is 153 Å². The van der Waals surface area contributed by atoms with Crippen LogP contribution in [-0.4, -0.2) is 99.1 Å². The summed E-state index contributed by atoms with van der Waals surface area (Å²) in [6, 6.07) is 38.4. The predicted molar refractivity (Wildman–Crippen MR) is 223 cm³/mol. The van der Waals surface area contributed by atoms with E-state index in [4.69, 9.17) is 52.1 Å². The molecule has 62 heavy (non-hydrogen) atoms. The molecule has 0 saturated carbocycles. The number of methoxy groups -OCH3 is 1. The zero-order valence-corrected chi connectivity index (χ0v) is 35.7. The van der Waals surface area contributed by atoms with Gasteiger partial charge in [0.2, 0.25) is 6.10 Å². The summed E-state index contributed by atoms with van der Waals surface area (Å²) in [5.74, 6) is -3.53. The van der Waals surface area contributed by atoms with Crippen LogP contribution in [0.1, 0.15) is 49.9 Å². The average Bonchev–Trinajstić information content (AvgIpc) is 3.60. The molecule has 0 radical (unpaired) electrons. The van der Waals surface area contributed by atoms with Crippen molar-refractivity contribution in [2.45, 2.75) is 115 Å². The number of ether oxygens (including phenoxy) is 11. The summed E-state index contributed by atoms with van der Waals surface area (Å²) in [5.41, 5.74) is 3.60. The molecule has 0 aliphatic carbocycles. The zero-order chi connectivity index (χ0) is 43.9. The van der Waals surface area contributed by atoms with Crippen molar-refractivity contribution in [1.82, 2.24) is 0 Å². The van der Waals surface area contributed by atoms with Gasteiger partial charge in [-0.05, 0) is 36.1 Å². The van der Waals surface area contributed by atoms with E-state index in [0.29, 0.717) is 0 Å². The van der Waals surface area contributed by atoms with Crippen molar-refractivity contribution in [3.8, 4) is 0 Å². The van der Waals surface area contributed by atoms with Crippen LogP contribution < -0.4 is 0 Å². The van der Waals surface area contributed by atoms with Crippen LogP contribution in [-0.2, 0) is 92.9 Å². The van der Waals surface area contributed by atoms with Gasteiger partial charge in [0.25, 0.3) is 0 Å². The molecule has 4 aromatic carbocycles. The van der Waals surface area contributed by atoms with Gasteiger partial charge in [-0.15, -0.1) is 0 Å². The monoisotopic (exact) mass is 856 g/mol. The van der Waals surface area contributed by atoms with Gasteiger partial charge in [-0.3, -0.25) is 9.59 Å². The van der Waals surface area contributed by atoms with E-state index in [1.165, 1.54) is 21.0 Å². The first-order chi connectivity index (χ1) is 30.0. The van der Waals surface area contributed by atoms with Crippen LogP contribution >= 0.6 is 0 Å². The van der Waals surface area contributed by atoms with Crippen LogP contribution in [0, 0.1) is 0 Å². The van der Waals surface area contributed by atoms with Gasteiger partial charge in [0, 0.05) is 13.8 Å². The minimum Gasteiger partial charge on any atom is -0.466 e. The first-order valence-electron chi connectivity index (χ1n) is 20.6. The number of hydrogen-bond acceptors (Lipinski definition) is 14. The van der Waals surface area contributed by atoms with Crippen molar-refractivity contribution in [2.75, 3.05) is 20.3 Å². The third-order valence-electron chi connectivity index (χ3n) is 10.1. The molecule has 0 N–H and O–H groups in total. The molecule has 2 aliphatic heterocycles. The molecule has 4 aromatic rings. The molecule has 0 spiro atoms. The fourth-order valence-electron chi connectivity index (χ4n) is 7.36. The van der Waals surface area contributed by atoms with Crippen molar-refractivity contribution >= 4 is 17.9 Å². The maximum atomic E-state index is 13.2. The van der Waals surface area contributed by atoms with Crippen LogP contribution in [0.5, 0.6) is 0 Å². The van der Waals surface area contributed by atoms with Crippen molar-refractivity contribution in [3.63, 3.8) is 0 Å². The number of hydrogen-bond donors (Lipinski definition) is 0. The van der Waals surface area contributed by atoms with Crippen LogP contribution in [0.3, 0.4) is 0 Å². The van der Waals surface area contributed by atoms with Crippen LogP contribution in [0.4, 0.5) is 0 Å². The highest BCUT2D eigenvalue weighted by Crippen LogP contribution is 2.37. The molecule has 14 nitrogen and oxygen atoms in total. The maximum absolute atomic E-state index is 13.2. The van der Waals surface area contributed by atoms with E-state index in [-0.39, 0.29) is 39.6 Å². The second kappa shape index (κ2) is 22.9. The normalized spacial score (nSPS) is 24.1. The van der Waals surface area contributed by atoms with Gasteiger partial charge in [0.05, 0.1) is 46.8 Å². The molecule has 0 aromatic heterocycles. The Labute approximate surface area is 362 Å². The SMILES string of the molecule is COC(=O)[C@@H](OC(C)=O)[C@H]1OC(C)(C)O[C@@H]1[C@@H](COCc1ccccc1)O[C@@H]1O[C@H](COCc2ccccc2)[C@@H](OCc2ccccc2)[C@H](OCc2ccccc2)[C@@H]1OC(C)=O. The van der Waals surface area contributed by atoms with Gasteiger partial charge in [-0.25, -0.2) is 4.79 Å². The molecule has 2 heterocycles. The molecule has 2 saturated heterocycles. The first-order valence-corrected chi connectivity index (χ1v) is 20.6. The van der Waals surface area contributed by atoms with Gasteiger partial charge < -0.3 is 52.1 Å². The van der Waals surface area contributed by atoms with E-state index in [9.17, 15) is 14.4 Å². The summed E-state index contributed by atoms with van der Waals surface area (Å²) in [5, 5.41) is 0. The number of benzene rings is 4. The molecule has 0 bridgehead atoms. The Morgan fingerprint density at radius 1 is 0.613 bits per heavy atom. The molecule has 2 aliphatic rings. The summed E-state index contributed by atoms with van der Waals surface area (Å²) in [6.45, 7) is 6.41. The number of esters is 3. The van der Waals surface area contributed by atoms with Crippen LogP contribution in [0.15, 0.2) is 121 Å². The lowest BCUT2D eigenvalue weighted by atomic mass is 9.97. The minimum atomic E-state index is -1.54. The Kier molecular flexibility index (Phi) is 17.2. The van der Waals surface area contributed by atoms with Crippen molar-refractivity contribution in [3.05, 3.63) is 144 Å². The standard InChI is InChI=1S/C48H56O14/c1-32(49)57-44(46(51)52-5)43-41(61-48(3,4)62-43)39(31-54-27-35-20-12-7-13-21-35)60-47-45(58-33(2)50)42(56-29-37-24-16-9-17-25-37)40(55-28-36-22-14-8-15-23-36)38(59-47)30-53-26-34-18-10-6-11-19-34/h6-25,38-45,47H,26-31H2,1-5H3/t38-,39-,40-,41-,42+,43+,44+,45+,47+/m1/s1. The highest BCUT2D eigenvalue weighted by Gasteiger charge is 2.56. The van der Waals surface area contributed by atoms with Crippen LogP contribution in [0.25, 0.3) is 0 Å². The van der Waals surface area contributed by atoms with Crippen molar-refractivity contribution in [2.24, 2.45) is 0 Å². The van der Waals surface area contributed by atoms with E-state index in [1.54, 1.807) is 13.8 Å². The summed E-state index contributed by atoms with van der Waals surface area (Å²) in [6.07, 6.45) is -10.3. The Morgan fingerprint density at radius 2 is 1.10 bits per heavy atom. The molecule has 0 unspecified atom stereocenters. The highest BCUT2D eigenvalue weighted by molar-refractivity contribution is 5.79. The van der Waals surface area contributed by atoms with Crippen molar-refractivity contribution < 1.29 is 66.5 Å². The molecule has 0 amide bonds. The smallest absolute Gasteiger partial charge is 0.350 e. The molecular formula is C48H56O14. The maximum Gasteiger partial charge on any atom is 0.350 e. The Bertz CT molecular complexity index is 1970. The lowest BCUT2D eigenvalue weighted by Gasteiger charge is -2.46. The van der Waals surface area contributed by atoms with Gasteiger partial charge in [0.1, 0.15) is 36.6 Å². The first kappa shape index (κ1) is 46.5. The summed E-state index contributed by atoms with van der Waals surface area (Å²) < 4.78 is 69.0. The third kappa shape index (κ3) is 13.5. The summed E-state index contributed by atoms with van der Waals surface area (Å²) >= 11 is 0. The summed E-state index contributed by atoms with van der Waals surface area (Å²) in [4.78, 5) is 38.6. The Hall–Kier alpha value is -5.03. The average molecular weight is 857 g/mol. The largest absolute Gasteiger partial charge is 0.466 e. The van der Waals surface area contributed by atoms with E-state index in [1.807, 2.05) is 121 Å². The highest BCUT2D eigenvalue weighted by atomic mass is 16.8. The fourth-order valence-corrected chi connectivity index (χ4v) is 7.36. The van der Waals surface area contributed by atoms with Gasteiger partial charge in [0.15, 0.2) is 18.2 Å². The molecule has 332 valence electrons. The minimum absolute atomic E-state index is 0.0247. The molecule has 9 atom stereocenters. The second-order valence-electron chi connectivity index (χ2n) is 15.4. The number of rotatable bonds is 21. The second-order valence-corrected chi connectivity index (χ2v) is 15.4. The lowest BCUT2D eigenvalue weighted by molar-refractivity contribution is -0.337. The Balaban J connectivity index is 1.38. The van der Waals surface area contributed by atoms with E-state index in [2.05, 4.69) is 0 Å². The molecule has 2 fully saturated rings. The number of carbonyl (C=O) groups excluding carboxylic acids is 3. The van der Waals surface area contributed by atoms with Gasteiger partial charge >= 0.3 is 17.9 Å². The van der Waals surface area contributed by atoms with E-state index < -0.39 is 78.8 Å². The van der Waals surface area contributed by atoms with Gasteiger partial charge in [-0.1, -0.05) is 121 Å². The molecule has 14 heteroatoms. The number of carbonyl (C=O) groups is 3. The molecular weight excluding hydrogens is 801 g/mol. The van der Waals surface area contributed by atoms with E-state index in [0.717, 1.165) is 22.3 Å². The fraction of sp³-hybridized carbons (Fsp3) is 0.438. The third-order valence-corrected chi connectivity index (χ3v) is 10.1. The van der Waals surface area contributed by atoms with E-state index >= 15 is 0 Å². The molecule has 6 rings (SSSR count). The summed E-state index contributed by atoms with van der Waals surface area (Å²) in [7, 11) is 1.18. The predicted octanol–water partition coefficient (Wildman–Crippen LogP) is 6.26. The zero-order valence-electron chi connectivity index (χ0n) is 35.7. The lowest BCUT2D eigenvalue weighted by Crippen LogP contribution is -2.63. The quantitative estimate of drug-likeness (QED) is 0.0685. The van der Waals surface area contributed by atoms with Crippen LogP contribution in [0.2, 0.25) is 0 Å². The van der Waals surface area contributed by atoms with Gasteiger partial charge in [-0.2, -0.15) is 0 Å². The van der Waals surface area contributed by atoms with Crippen molar-refractivity contribution in [1.29, 1.82) is 0 Å².